The van der Waals surface area contributed by atoms with Gasteiger partial charge in [0, 0.05) is 36.1 Å². The van der Waals surface area contributed by atoms with E-state index in [4.69, 9.17) is 0 Å². The number of sulfonamides is 1. The fourth-order valence-electron chi connectivity index (χ4n) is 1.28. The fourth-order valence-corrected chi connectivity index (χ4v) is 4.30. The molecule has 0 aliphatic rings. The first-order chi connectivity index (χ1) is 8.02. The second-order valence-electron chi connectivity index (χ2n) is 3.60. The molecule has 98 valence electrons. The number of hydrogen-bond acceptors (Lipinski definition) is 5. The molecule has 0 aliphatic heterocycles. The van der Waals surface area contributed by atoms with Crippen LogP contribution in [0.4, 0.5) is 0 Å². The van der Waals surface area contributed by atoms with Gasteiger partial charge in [0.25, 0.3) is 0 Å². The normalized spacial score (nSPS) is 12.2. The summed E-state index contributed by atoms with van der Waals surface area (Å²) in [5, 5.41) is 4.72. The van der Waals surface area contributed by atoms with E-state index in [1.165, 1.54) is 15.6 Å². The zero-order chi connectivity index (χ0) is 12.9. The van der Waals surface area contributed by atoms with Gasteiger partial charge in [-0.25, -0.2) is 12.7 Å². The van der Waals surface area contributed by atoms with Crippen LogP contribution in [-0.4, -0.2) is 45.4 Å². The number of thiophene rings is 1. The summed E-state index contributed by atoms with van der Waals surface area (Å²) in [5.41, 5.74) is 0. The van der Waals surface area contributed by atoms with E-state index in [0.29, 0.717) is 18.0 Å². The number of nitrogens with zero attached hydrogens (tertiary/aromatic N) is 1. The van der Waals surface area contributed by atoms with E-state index in [1.54, 1.807) is 30.3 Å². The summed E-state index contributed by atoms with van der Waals surface area (Å²) >= 11 is 3.11. The van der Waals surface area contributed by atoms with Gasteiger partial charge < -0.3 is 5.32 Å². The Morgan fingerprint density at radius 1 is 1.53 bits per heavy atom. The van der Waals surface area contributed by atoms with Crippen molar-refractivity contribution in [3.05, 3.63) is 16.3 Å². The molecule has 0 radical (unpaired) electrons. The largest absolute Gasteiger partial charge is 0.315 e. The van der Waals surface area contributed by atoms with Crippen LogP contribution in [-0.2, 0) is 16.6 Å². The zero-order valence-electron chi connectivity index (χ0n) is 10.3. The van der Waals surface area contributed by atoms with Gasteiger partial charge in [0.05, 0.1) is 4.90 Å². The highest BCUT2D eigenvalue weighted by Crippen LogP contribution is 2.22. The lowest BCUT2D eigenvalue weighted by atomic mass is 10.5. The molecular formula is C10H18N2O2S3. The molecular weight excluding hydrogens is 276 g/mol. The lowest BCUT2D eigenvalue weighted by Gasteiger charge is -2.15. The fraction of sp³-hybridized carbons (Fsp3) is 0.600. The van der Waals surface area contributed by atoms with Crippen LogP contribution >= 0.6 is 23.1 Å². The van der Waals surface area contributed by atoms with Gasteiger partial charge in [-0.3, -0.25) is 0 Å². The first-order valence-electron chi connectivity index (χ1n) is 5.19. The smallest absolute Gasteiger partial charge is 0.243 e. The number of nitrogens with one attached hydrogen (secondary N) is 1. The van der Waals surface area contributed by atoms with Gasteiger partial charge in [-0.15, -0.1) is 11.3 Å². The maximum absolute atomic E-state index is 12.2. The van der Waals surface area contributed by atoms with Gasteiger partial charge in [0.2, 0.25) is 10.0 Å². The maximum Gasteiger partial charge on any atom is 0.243 e. The summed E-state index contributed by atoms with van der Waals surface area (Å²) in [6.45, 7) is 1.25. The van der Waals surface area contributed by atoms with E-state index in [2.05, 4.69) is 5.32 Å². The van der Waals surface area contributed by atoms with Crippen LogP contribution < -0.4 is 5.32 Å². The summed E-state index contributed by atoms with van der Waals surface area (Å²) < 4.78 is 25.7. The molecule has 0 atom stereocenters. The molecule has 0 saturated carbocycles. The van der Waals surface area contributed by atoms with Gasteiger partial charge in [-0.2, -0.15) is 11.8 Å². The molecule has 1 rings (SSSR count). The van der Waals surface area contributed by atoms with E-state index >= 15 is 0 Å². The third-order valence-electron chi connectivity index (χ3n) is 2.30. The molecule has 0 fully saturated rings. The third kappa shape index (κ3) is 3.96. The summed E-state index contributed by atoms with van der Waals surface area (Å²) in [5.74, 6) is 0.809. The van der Waals surface area contributed by atoms with Crippen LogP contribution in [0.1, 0.15) is 4.88 Å². The molecule has 0 unspecified atom stereocenters. The zero-order valence-corrected chi connectivity index (χ0v) is 12.7. The number of thioether (sulfide) groups is 1. The molecule has 1 aromatic rings. The Bertz CT molecular complexity index is 442. The Balaban J connectivity index is 2.81. The van der Waals surface area contributed by atoms with Crippen LogP contribution in [0.15, 0.2) is 16.3 Å². The Morgan fingerprint density at radius 3 is 2.82 bits per heavy atom. The van der Waals surface area contributed by atoms with Crippen molar-refractivity contribution in [3.63, 3.8) is 0 Å². The SMILES string of the molecule is CNCc1cc(S(=O)(=O)N(C)CCSC)cs1. The van der Waals surface area contributed by atoms with Crippen LogP contribution in [0.2, 0.25) is 0 Å². The maximum atomic E-state index is 12.2. The van der Waals surface area contributed by atoms with Crippen molar-refractivity contribution >= 4 is 33.1 Å². The average Bonchev–Trinajstić information content (AvgIpc) is 2.75. The van der Waals surface area contributed by atoms with Crippen molar-refractivity contribution in [2.24, 2.45) is 0 Å². The standard InChI is InChI=1S/C10H18N2O2S3/c1-11-7-9-6-10(8-16-9)17(13,14)12(2)4-5-15-3/h6,8,11H,4-5,7H2,1-3H3. The molecule has 4 nitrogen and oxygen atoms in total. The van der Waals surface area contributed by atoms with E-state index in [0.717, 1.165) is 10.6 Å². The minimum absolute atomic E-state index is 0.399. The van der Waals surface area contributed by atoms with E-state index in [1.807, 2.05) is 13.3 Å². The molecule has 0 saturated heterocycles. The summed E-state index contributed by atoms with van der Waals surface area (Å²) in [7, 11) is 0.166. The molecule has 0 bridgehead atoms. The van der Waals surface area contributed by atoms with Crippen LogP contribution in [0.5, 0.6) is 0 Å². The number of hydrogen-bond donors (Lipinski definition) is 1. The highest BCUT2D eigenvalue weighted by Gasteiger charge is 2.21. The van der Waals surface area contributed by atoms with E-state index in [-0.39, 0.29) is 0 Å². The monoisotopic (exact) mass is 294 g/mol. The van der Waals surface area contributed by atoms with Gasteiger partial charge in [0.15, 0.2) is 0 Å². The molecule has 0 amide bonds. The van der Waals surface area contributed by atoms with Gasteiger partial charge >= 0.3 is 0 Å². The minimum atomic E-state index is -3.31. The van der Waals surface area contributed by atoms with Crippen LogP contribution in [0.25, 0.3) is 0 Å². The lowest BCUT2D eigenvalue weighted by molar-refractivity contribution is 0.489. The third-order valence-corrected chi connectivity index (χ3v) is 5.81. The average molecular weight is 294 g/mol. The van der Waals surface area contributed by atoms with Crippen LogP contribution in [0.3, 0.4) is 0 Å². The van der Waals surface area contributed by atoms with Crippen molar-refractivity contribution in [2.75, 3.05) is 32.6 Å². The van der Waals surface area contributed by atoms with Crippen LogP contribution in [0, 0.1) is 0 Å². The Labute approximate surface area is 111 Å². The molecule has 0 aliphatic carbocycles. The molecule has 1 heterocycles. The van der Waals surface area contributed by atoms with Crippen molar-refractivity contribution < 1.29 is 8.42 Å². The number of rotatable bonds is 7. The topological polar surface area (TPSA) is 49.4 Å². The molecule has 1 N–H and O–H groups in total. The Kier molecular flexibility index (Phi) is 5.94. The molecule has 0 aromatic carbocycles. The van der Waals surface area contributed by atoms with Gasteiger partial charge in [-0.1, -0.05) is 0 Å². The second kappa shape index (κ2) is 6.75. The van der Waals surface area contributed by atoms with E-state index in [9.17, 15) is 8.42 Å². The quantitative estimate of drug-likeness (QED) is 0.827. The van der Waals surface area contributed by atoms with Crippen molar-refractivity contribution in [3.8, 4) is 0 Å². The van der Waals surface area contributed by atoms with Gasteiger partial charge in [0.1, 0.15) is 0 Å². The molecule has 1 aromatic heterocycles. The highest BCUT2D eigenvalue weighted by atomic mass is 32.2. The molecule has 17 heavy (non-hydrogen) atoms. The second-order valence-corrected chi connectivity index (χ2v) is 7.62. The van der Waals surface area contributed by atoms with Crippen molar-refractivity contribution in [2.45, 2.75) is 11.4 Å². The first kappa shape index (κ1) is 15.0. The van der Waals surface area contributed by atoms with Crippen molar-refractivity contribution in [1.82, 2.24) is 9.62 Å². The predicted molar refractivity (Wildman–Crippen MR) is 75.3 cm³/mol. The Hall–Kier alpha value is -0.0800. The minimum Gasteiger partial charge on any atom is -0.315 e. The lowest BCUT2D eigenvalue weighted by Crippen LogP contribution is -2.28. The summed E-state index contributed by atoms with van der Waals surface area (Å²) in [4.78, 5) is 1.43. The summed E-state index contributed by atoms with van der Waals surface area (Å²) in [6, 6.07) is 1.74. The predicted octanol–water partition coefficient (Wildman–Crippen LogP) is 1.45. The van der Waals surface area contributed by atoms with Crippen molar-refractivity contribution in [1.29, 1.82) is 0 Å². The molecule has 0 spiro atoms. The summed E-state index contributed by atoms with van der Waals surface area (Å²) in [6.07, 6.45) is 1.97. The highest BCUT2D eigenvalue weighted by molar-refractivity contribution is 7.98. The Morgan fingerprint density at radius 2 is 2.24 bits per heavy atom. The first-order valence-corrected chi connectivity index (χ1v) is 8.91. The van der Waals surface area contributed by atoms with E-state index < -0.39 is 10.0 Å². The van der Waals surface area contributed by atoms with Gasteiger partial charge in [-0.05, 0) is 19.4 Å². The molecule has 7 heteroatoms.